The highest BCUT2D eigenvalue weighted by atomic mass is 16.2. The lowest BCUT2D eigenvalue weighted by Gasteiger charge is -2.23. The second kappa shape index (κ2) is 4.97. The maximum Gasteiger partial charge on any atom is 0.241 e. The normalized spacial score (nSPS) is 37.0. The van der Waals surface area contributed by atoms with Gasteiger partial charge in [0, 0.05) is 6.04 Å². The van der Waals surface area contributed by atoms with Gasteiger partial charge in [0.2, 0.25) is 5.91 Å². The number of nitrogens with zero attached hydrogens (tertiary/aromatic N) is 1. The van der Waals surface area contributed by atoms with Crippen LogP contribution in [-0.4, -0.2) is 29.1 Å². The van der Waals surface area contributed by atoms with Crippen molar-refractivity contribution in [1.82, 2.24) is 10.2 Å². The van der Waals surface area contributed by atoms with Crippen LogP contribution in [0.15, 0.2) is 0 Å². The van der Waals surface area contributed by atoms with Gasteiger partial charge in [-0.3, -0.25) is 10.1 Å². The first-order valence-electron chi connectivity index (χ1n) is 7.18. The second-order valence-electron chi connectivity index (χ2n) is 5.91. The summed E-state index contributed by atoms with van der Waals surface area (Å²) < 4.78 is 0. The Hall–Kier alpha value is -0.570. The van der Waals surface area contributed by atoms with Crippen LogP contribution in [0, 0.1) is 11.8 Å². The van der Waals surface area contributed by atoms with E-state index in [1.165, 1.54) is 19.3 Å². The second-order valence-corrected chi connectivity index (χ2v) is 5.91. The molecule has 1 saturated heterocycles. The Morgan fingerprint density at radius 2 is 2.12 bits per heavy atom. The highest BCUT2D eigenvalue weighted by Gasteiger charge is 2.50. The van der Waals surface area contributed by atoms with Crippen LogP contribution < -0.4 is 5.32 Å². The molecule has 1 saturated carbocycles. The fourth-order valence-corrected chi connectivity index (χ4v) is 3.11. The van der Waals surface area contributed by atoms with E-state index in [1.54, 1.807) is 0 Å². The van der Waals surface area contributed by atoms with Crippen molar-refractivity contribution in [3.8, 4) is 0 Å². The van der Waals surface area contributed by atoms with Gasteiger partial charge in [0.25, 0.3) is 0 Å². The van der Waals surface area contributed by atoms with Gasteiger partial charge in [0.1, 0.15) is 0 Å². The molecule has 2 rings (SSSR count). The van der Waals surface area contributed by atoms with Gasteiger partial charge in [-0.25, -0.2) is 0 Å². The molecule has 2 fully saturated rings. The maximum atomic E-state index is 12.4. The Kier molecular flexibility index (Phi) is 3.76. The van der Waals surface area contributed by atoms with E-state index in [9.17, 15) is 4.79 Å². The molecule has 0 spiro atoms. The van der Waals surface area contributed by atoms with Crippen LogP contribution in [-0.2, 0) is 4.79 Å². The zero-order valence-electron chi connectivity index (χ0n) is 11.6. The largest absolute Gasteiger partial charge is 0.323 e. The molecule has 3 nitrogen and oxygen atoms in total. The number of hydrogen-bond acceptors (Lipinski definition) is 2. The van der Waals surface area contributed by atoms with E-state index < -0.39 is 0 Å². The lowest BCUT2D eigenvalue weighted by atomic mass is 10.1. The number of carbonyl (C=O) groups excluding carboxylic acids is 1. The molecule has 1 aliphatic heterocycles. The molecular weight excluding hydrogens is 212 g/mol. The Bertz CT molecular complexity index is 290. The molecule has 4 unspecified atom stereocenters. The molecule has 0 aromatic rings. The van der Waals surface area contributed by atoms with Crippen LogP contribution >= 0.6 is 0 Å². The monoisotopic (exact) mass is 238 g/mol. The van der Waals surface area contributed by atoms with Gasteiger partial charge in [-0.2, -0.15) is 0 Å². The summed E-state index contributed by atoms with van der Waals surface area (Å²) in [7, 11) is 0. The fourth-order valence-electron chi connectivity index (χ4n) is 3.11. The molecule has 1 aliphatic carbocycles. The summed E-state index contributed by atoms with van der Waals surface area (Å²) in [5.41, 5.74) is 0. The van der Waals surface area contributed by atoms with Crippen LogP contribution in [0.3, 0.4) is 0 Å². The van der Waals surface area contributed by atoms with Crippen LogP contribution in [0.25, 0.3) is 0 Å². The van der Waals surface area contributed by atoms with Gasteiger partial charge in [0.15, 0.2) is 0 Å². The van der Waals surface area contributed by atoms with E-state index >= 15 is 0 Å². The van der Waals surface area contributed by atoms with Crippen LogP contribution in [0.5, 0.6) is 0 Å². The minimum Gasteiger partial charge on any atom is -0.323 e. The first-order valence-corrected chi connectivity index (χ1v) is 7.18. The van der Waals surface area contributed by atoms with Crippen molar-refractivity contribution in [3.63, 3.8) is 0 Å². The number of rotatable bonds is 5. The molecule has 4 atom stereocenters. The first kappa shape index (κ1) is 12.9. The van der Waals surface area contributed by atoms with E-state index in [0.717, 1.165) is 12.3 Å². The van der Waals surface area contributed by atoms with E-state index in [4.69, 9.17) is 0 Å². The minimum absolute atomic E-state index is 0.0443. The maximum absolute atomic E-state index is 12.4. The van der Waals surface area contributed by atoms with E-state index in [-0.39, 0.29) is 12.2 Å². The number of carbonyl (C=O) groups is 1. The van der Waals surface area contributed by atoms with Gasteiger partial charge in [-0.15, -0.1) is 0 Å². The molecule has 3 heteroatoms. The topological polar surface area (TPSA) is 32.3 Å². The first-order chi connectivity index (χ1) is 8.10. The lowest BCUT2D eigenvalue weighted by molar-refractivity contribution is -0.131. The molecule has 0 bridgehead atoms. The predicted octanol–water partition coefficient (Wildman–Crippen LogP) is 2.37. The molecule has 1 heterocycles. The number of amides is 1. The van der Waals surface area contributed by atoms with Crippen molar-refractivity contribution in [2.24, 2.45) is 11.8 Å². The highest BCUT2D eigenvalue weighted by Crippen LogP contribution is 2.42. The third-order valence-electron chi connectivity index (χ3n) is 4.18. The van der Waals surface area contributed by atoms with E-state index in [1.807, 2.05) is 0 Å². The van der Waals surface area contributed by atoms with Crippen molar-refractivity contribution in [2.45, 2.75) is 71.6 Å². The summed E-state index contributed by atoms with van der Waals surface area (Å²) in [5.74, 6) is 1.51. The third kappa shape index (κ3) is 2.35. The van der Waals surface area contributed by atoms with Crippen molar-refractivity contribution in [1.29, 1.82) is 0 Å². The molecule has 98 valence electrons. The Balaban J connectivity index is 2.03. The average molecular weight is 238 g/mol. The molecule has 0 radical (unpaired) electrons. The van der Waals surface area contributed by atoms with Gasteiger partial charge in [-0.05, 0) is 31.1 Å². The molecule has 17 heavy (non-hydrogen) atoms. The Labute approximate surface area is 105 Å². The summed E-state index contributed by atoms with van der Waals surface area (Å²) in [6.07, 6.45) is 5.03. The van der Waals surface area contributed by atoms with Crippen molar-refractivity contribution >= 4 is 5.91 Å². The smallest absolute Gasteiger partial charge is 0.241 e. The van der Waals surface area contributed by atoms with Crippen molar-refractivity contribution in [3.05, 3.63) is 0 Å². The van der Waals surface area contributed by atoms with Crippen molar-refractivity contribution in [2.75, 3.05) is 0 Å². The quantitative estimate of drug-likeness (QED) is 0.797. The molecule has 1 amide bonds. The Morgan fingerprint density at radius 3 is 2.65 bits per heavy atom. The van der Waals surface area contributed by atoms with Gasteiger partial charge in [0.05, 0.1) is 12.2 Å². The highest BCUT2D eigenvalue weighted by molar-refractivity contribution is 5.85. The number of hydrogen-bond donors (Lipinski definition) is 1. The minimum atomic E-state index is 0.0443. The van der Waals surface area contributed by atoms with Gasteiger partial charge >= 0.3 is 0 Å². The predicted molar refractivity (Wildman–Crippen MR) is 69.5 cm³/mol. The molecule has 1 N–H and O–H groups in total. The SMILES string of the molecule is CCCC1CC1N1C(=O)C(C(C)C)NC1CC. The van der Waals surface area contributed by atoms with E-state index in [0.29, 0.717) is 17.9 Å². The van der Waals surface area contributed by atoms with Crippen molar-refractivity contribution < 1.29 is 4.79 Å². The standard InChI is InChI=1S/C14H26N2O/c1-5-7-10-8-11(10)16-12(6-2)15-13(9(3)4)14(16)17/h9-13,15H,5-8H2,1-4H3. The summed E-state index contributed by atoms with van der Waals surface area (Å²) in [6.45, 7) is 8.65. The van der Waals surface area contributed by atoms with Gasteiger partial charge < -0.3 is 4.90 Å². The average Bonchev–Trinajstić information content (AvgIpc) is 2.94. The van der Waals surface area contributed by atoms with Crippen LogP contribution in [0.2, 0.25) is 0 Å². The van der Waals surface area contributed by atoms with Crippen LogP contribution in [0.1, 0.15) is 53.4 Å². The lowest BCUT2D eigenvalue weighted by Crippen LogP contribution is -2.39. The summed E-state index contributed by atoms with van der Waals surface area (Å²) in [4.78, 5) is 14.6. The summed E-state index contributed by atoms with van der Waals surface area (Å²) >= 11 is 0. The van der Waals surface area contributed by atoms with Gasteiger partial charge in [-0.1, -0.05) is 34.1 Å². The third-order valence-corrected chi connectivity index (χ3v) is 4.18. The molecule has 0 aromatic carbocycles. The molecule has 2 aliphatic rings. The summed E-state index contributed by atoms with van der Waals surface area (Å²) in [6, 6.07) is 0.575. The molecule has 0 aromatic heterocycles. The zero-order valence-corrected chi connectivity index (χ0v) is 11.6. The number of nitrogens with one attached hydrogen (secondary N) is 1. The fraction of sp³-hybridized carbons (Fsp3) is 0.929. The van der Waals surface area contributed by atoms with Crippen LogP contribution in [0.4, 0.5) is 0 Å². The van der Waals surface area contributed by atoms with E-state index in [2.05, 4.69) is 37.9 Å². The zero-order chi connectivity index (χ0) is 12.6. The summed E-state index contributed by atoms with van der Waals surface area (Å²) in [5, 5.41) is 3.50. The molecular formula is C14H26N2O. The Morgan fingerprint density at radius 1 is 1.41 bits per heavy atom.